The monoisotopic (exact) mass is 416 g/mol. The van der Waals surface area contributed by atoms with Crippen molar-refractivity contribution in [3.8, 4) is 11.3 Å². The number of rotatable bonds is 5. The molecule has 0 fully saturated rings. The third-order valence-corrected chi connectivity index (χ3v) is 4.62. The zero-order valence-electron chi connectivity index (χ0n) is 14.6. The summed E-state index contributed by atoms with van der Waals surface area (Å²) in [4.78, 5) is 22.3. The van der Waals surface area contributed by atoms with E-state index in [1.807, 2.05) is 25.1 Å². The molecule has 142 valence electrons. The molecule has 1 aromatic heterocycles. The number of aryl methyl sites for hydroxylation is 1. The van der Waals surface area contributed by atoms with Crippen LogP contribution in [0.25, 0.3) is 17.4 Å². The van der Waals surface area contributed by atoms with Gasteiger partial charge in [0.15, 0.2) is 0 Å². The number of hydrogen-bond acceptors (Lipinski definition) is 4. The topological polar surface area (TPSA) is 85.4 Å². The van der Waals surface area contributed by atoms with Crippen LogP contribution in [0.3, 0.4) is 0 Å². The number of furan rings is 1. The number of nitrogens with zero attached hydrogens (tertiary/aromatic N) is 1. The first-order valence-corrected chi connectivity index (χ1v) is 8.88. The SMILES string of the molecule is Cc1ccc(-c2ccc(/C=C/C(=O)Nc3ccc(Cl)c([N+](=O)[O-])c3)o2)cc1Cl. The lowest BCUT2D eigenvalue weighted by molar-refractivity contribution is -0.384. The molecule has 0 bridgehead atoms. The van der Waals surface area contributed by atoms with Gasteiger partial charge in [0.1, 0.15) is 16.5 Å². The normalized spacial score (nSPS) is 11.0. The van der Waals surface area contributed by atoms with Gasteiger partial charge in [0.05, 0.1) is 4.92 Å². The van der Waals surface area contributed by atoms with Crippen molar-refractivity contribution in [1.82, 2.24) is 0 Å². The summed E-state index contributed by atoms with van der Waals surface area (Å²) in [5.41, 5.74) is 1.78. The number of amides is 1. The maximum Gasteiger partial charge on any atom is 0.289 e. The van der Waals surface area contributed by atoms with Gasteiger partial charge in [0, 0.05) is 28.4 Å². The summed E-state index contributed by atoms with van der Waals surface area (Å²) in [5.74, 6) is 0.632. The van der Waals surface area contributed by atoms with Gasteiger partial charge in [-0.1, -0.05) is 35.3 Å². The zero-order chi connectivity index (χ0) is 20.3. The largest absolute Gasteiger partial charge is 0.457 e. The van der Waals surface area contributed by atoms with Crippen molar-refractivity contribution in [3.05, 3.63) is 86.1 Å². The average molecular weight is 417 g/mol. The molecule has 0 aliphatic rings. The van der Waals surface area contributed by atoms with E-state index in [-0.39, 0.29) is 16.4 Å². The van der Waals surface area contributed by atoms with E-state index >= 15 is 0 Å². The van der Waals surface area contributed by atoms with Gasteiger partial charge in [-0.15, -0.1) is 0 Å². The van der Waals surface area contributed by atoms with Crippen molar-refractivity contribution >= 4 is 46.6 Å². The van der Waals surface area contributed by atoms with Crippen LogP contribution in [0.4, 0.5) is 11.4 Å². The summed E-state index contributed by atoms with van der Waals surface area (Å²) in [6.07, 6.45) is 2.77. The molecule has 0 aliphatic heterocycles. The Morgan fingerprint density at radius 1 is 1.11 bits per heavy atom. The standard InChI is InChI=1S/C20H14Cl2N2O4/c1-12-2-3-13(10-17(12)22)19-8-5-15(28-19)6-9-20(25)23-14-4-7-16(21)18(11-14)24(26)27/h2-11H,1H3,(H,23,25)/b9-6+. The first-order chi connectivity index (χ1) is 13.3. The van der Waals surface area contributed by atoms with Gasteiger partial charge in [-0.2, -0.15) is 0 Å². The van der Waals surface area contributed by atoms with Crippen LogP contribution in [0.2, 0.25) is 10.0 Å². The highest BCUT2D eigenvalue weighted by Crippen LogP contribution is 2.28. The number of nitrogens with one attached hydrogen (secondary N) is 1. The van der Waals surface area contributed by atoms with E-state index in [2.05, 4.69) is 5.32 Å². The quantitative estimate of drug-likeness (QED) is 0.308. The fourth-order valence-corrected chi connectivity index (χ4v) is 2.78. The Morgan fingerprint density at radius 3 is 2.61 bits per heavy atom. The van der Waals surface area contributed by atoms with E-state index in [0.29, 0.717) is 16.5 Å². The minimum absolute atomic E-state index is 0.00198. The number of benzene rings is 2. The Kier molecular flexibility index (Phi) is 5.82. The molecule has 0 radical (unpaired) electrons. The second-order valence-electron chi connectivity index (χ2n) is 5.91. The maximum atomic E-state index is 12.1. The smallest absolute Gasteiger partial charge is 0.289 e. The molecule has 2 aromatic carbocycles. The van der Waals surface area contributed by atoms with Gasteiger partial charge in [-0.05, 0) is 48.9 Å². The van der Waals surface area contributed by atoms with Gasteiger partial charge in [-0.25, -0.2) is 0 Å². The van der Waals surface area contributed by atoms with Gasteiger partial charge < -0.3 is 9.73 Å². The molecule has 1 heterocycles. The molecule has 0 spiro atoms. The first-order valence-electron chi connectivity index (χ1n) is 8.13. The number of hydrogen-bond donors (Lipinski definition) is 1. The lowest BCUT2D eigenvalue weighted by Crippen LogP contribution is -2.07. The van der Waals surface area contributed by atoms with Gasteiger partial charge in [0.2, 0.25) is 5.91 Å². The van der Waals surface area contributed by atoms with Gasteiger partial charge >= 0.3 is 0 Å². The van der Waals surface area contributed by atoms with Crippen LogP contribution < -0.4 is 5.32 Å². The fourth-order valence-electron chi connectivity index (χ4n) is 2.42. The van der Waals surface area contributed by atoms with Crippen molar-refractivity contribution in [2.45, 2.75) is 6.92 Å². The highest BCUT2D eigenvalue weighted by Gasteiger charge is 2.13. The van der Waals surface area contributed by atoms with Crippen LogP contribution in [0.1, 0.15) is 11.3 Å². The Hall–Kier alpha value is -3.09. The van der Waals surface area contributed by atoms with Gasteiger partial charge in [-0.3, -0.25) is 14.9 Å². The van der Waals surface area contributed by atoms with Crippen LogP contribution in [0.5, 0.6) is 0 Å². The van der Waals surface area contributed by atoms with Crippen molar-refractivity contribution in [2.75, 3.05) is 5.32 Å². The summed E-state index contributed by atoms with van der Waals surface area (Å²) in [6, 6.07) is 13.1. The fraction of sp³-hybridized carbons (Fsp3) is 0.0500. The zero-order valence-corrected chi connectivity index (χ0v) is 16.1. The van der Waals surface area contributed by atoms with E-state index in [9.17, 15) is 14.9 Å². The maximum absolute atomic E-state index is 12.1. The number of halogens is 2. The molecule has 0 unspecified atom stereocenters. The predicted molar refractivity (Wildman–Crippen MR) is 110 cm³/mol. The van der Waals surface area contributed by atoms with Crippen LogP contribution in [-0.4, -0.2) is 10.8 Å². The highest BCUT2D eigenvalue weighted by molar-refractivity contribution is 6.32. The van der Waals surface area contributed by atoms with Crippen molar-refractivity contribution in [1.29, 1.82) is 0 Å². The number of carbonyl (C=O) groups excluding carboxylic acids is 1. The summed E-state index contributed by atoms with van der Waals surface area (Å²) < 4.78 is 5.70. The Labute approximate surface area is 170 Å². The molecule has 0 saturated heterocycles. The van der Waals surface area contributed by atoms with Crippen molar-refractivity contribution < 1.29 is 14.1 Å². The molecule has 1 amide bonds. The van der Waals surface area contributed by atoms with Crippen LogP contribution >= 0.6 is 23.2 Å². The molecular formula is C20H14Cl2N2O4. The minimum atomic E-state index is -0.616. The number of nitro benzene ring substituents is 1. The summed E-state index contributed by atoms with van der Waals surface area (Å²) in [6.45, 7) is 1.91. The number of nitro groups is 1. The average Bonchev–Trinajstić information content (AvgIpc) is 3.13. The lowest BCUT2D eigenvalue weighted by atomic mass is 10.1. The molecular weight excluding hydrogens is 403 g/mol. The van der Waals surface area contributed by atoms with Crippen molar-refractivity contribution in [3.63, 3.8) is 0 Å². The van der Waals surface area contributed by atoms with Crippen LogP contribution in [0, 0.1) is 17.0 Å². The molecule has 0 saturated carbocycles. The van der Waals surface area contributed by atoms with Gasteiger partial charge in [0.25, 0.3) is 5.69 Å². The van der Waals surface area contributed by atoms with Crippen molar-refractivity contribution in [2.24, 2.45) is 0 Å². The van der Waals surface area contributed by atoms with E-state index in [4.69, 9.17) is 27.6 Å². The number of anilines is 1. The molecule has 1 N–H and O–H groups in total. The molecule has 3 rings (SSSR count). The Bertz CT molecular complexity index is 1090. The van der Waals surface area contributed by atoms with Crippen LogP contribution in [-0.2, 0) is 4.79 Å². The van der Waals surface area contributed by atoms with E-state index in [1.54, 1.807) is 12.1 Å². The highest BCUT2D eigenvalue weighted by atomic mass is 35.5. The summed E-state index contributed by atoms with van der Waals surface area (Å²) >= 11 is 11.9. The predicted octanol–water partition coefficient (Wildman–Crippen LogP) is 6.12. The number of carbonyl (C=O) groups is 1. The molecule has 28 heavy (non-hydrogen) atoms. The Morgan fingerprint density at radius 2 is 1.89 bits per heavy atom. The van der Waals surface area contributed by atoms with E-state index in [0.717, 1.165) is 11.1 Å². The Balaban J connectivity index is 1.70. The lowest BCUT2D eigenvalue weighted by Gasteiger charge is -2.02. The summed E-state index contributed by atoms with van der Waals surface area (Å²) in [7, 11) is 0. The van der Waals surface area contributed by atoms with E-state index < -0.39 is 10.8 Å². The summed E-state index contributed by atoms with van der Waals surface area (Å²) in [5, 5.41) is 14.1. The third-order valence-electron chi connectivity index (χ3n) is 3.89. The molecule has 0 atom stereocenters. The third kappa shape index (κ3) is 4.60. The van der Waals surface area contributed by atoms with Crippen LogP contribution in [0.15, 0.2) is 59.0 Å². The molecule has 3 aromatic rings. The molecule has 6 nitrogen and oxygen atoms in total. The second kappa shape index (κ2) is 8.29. The molecule has 0 aliphatic carbocycles. The van der Waals surface area contributed by atoms with E-state index in [1.165, 1.54) is 30.4 Å². The second-order valence-corrected chi connectivity index (χ2v) is 6.73. The molecule has 8 heteroatoms. The minimum Gasteiger partial charge on any atom is -0.457 e. The first kappa shape index (κ1) is 19.7.